The Morgan fingerprint density at radius 2 is 1.95 bits per heavy atom. The van der Waals surface area contributed by atoms with Crippen molar-refractivity contribution >= 4 is 37.5 Å². The van der Waals surface area contributed by atoms with Gasteiger partial charge in [0.2, 0.25) is 15.9 Å². The molecule has 0 spiro atoms. The van der Waals surface area contributed by atoms with E-state index in [9.17, 15) is 13.2 Å². The topological polar surface area (TPSA) is 75.3 Å². The van der Waals surface area contributed by atoms with Gasteiger partial charge >= 0.3 is 0 Å². The largest absolute Gasteiger partial charge is 0.325 e. The zero-order valence-electron chi connectivity index (χ0n) is 10.6. The van der Waals surface area contributed by atoms with Crippen LogP contribution >= 0.6 is 15.9 Å². The van der Waals surface area contributed by atoms with Crippen LogP contribution in [0.3, 0.4) is 0 Å². The Kier molecular flexibility index (Phi) is 6.47. The lowest BCUT2D eigenvalue weighted by Gasteiger charge is -2.10. The van der Waals surface area contributed by atoms with E-state index in [1.165, 1.54) is 13.1 Å². The second kappa shape index (κ2) is 7.62. The molecule has 0 unspecified atom stereocenters. The number of carbonyl (C=O) groups is 1. The fourth-order valence-corrected chi connectivity index (χ4v) is 2.79. The molecule has 1 aromatic carbocycles. The summed E-state index contributed by atoms with van der Waals surface area (Å²) in [5.74, 6) is -0.181. The summed E-state index contributed by atoms with van der Waals surface area (Å²) < 4.78 is 25.8. The molecule has 7 heteroatoms. The number of carbonyl (C=O) groups excluding carboxylic acids is 1. The van der Waals surface area contributed by atoms with Crippen LogP contribution in [-0.4, -0.2) is 26.7 Å². The Bertz CT molecular complexity index is 532. The first-order valence-electron chi connectivity index (χ1n) is 5.89. The molecule has 0 bridgehead atoms. The van der Waals surface area contributed by atoms with E-state index in [1.807, 2.05) is 0 Å². The van der Waals surface area contributed by atoms with Crippen molar-refractivity contribution in [1.82, 2.24) is 4.72 Å². The summed E-state index contributed by atoms with van der Waals surface area (Å²) >= 11 is 3.29. The molecule has 0 saturated heterocycles. The van der Waals surface area contributed by atoms with Crippen molar-refractivity contribution in [3.8, 4) is 0 Å². The van der Waals surface area contributed by atoms with Gasteiger partial charge in [0.25, 0.3) is 0 Å². The number of hydrogen-bond acceptors (Lipinski definition) is 3. The Morgan fingerprint density at radius 3 is 2.58 bits per heavy atom. The molecule has 1 rings (SSSR count). The number of anilines is 1. The molecule has 0 saturated carbocycles. The summed E-state index contributed by atoms with van der Waals surface area (Å²) in [6.07, 6.45) is 2.04. The van der Waals surface area contributed by atoms with Crippen molar-refractivity contribution < 1.29 is 13.2 Å². The van der Waals surface area contributed by atoms with Gasteiger partial charge in [-0.15, -0.1) is 0 Å². The highest BCUT2D eigenvalue weighted by atomic mass is 79.9. The van der Waals surface area contributed by atoms with Gasteiger partial charge in [0.05, 0.1) is 5.69 Å². The maximum atomic E-state index is 11.8. The van der Waals surface area contributed by atoms with Crippen molar-refractivity contribution in [2.45, 2.75) is 24.2 Å². The molecule has 0 radical (unpaired) electrons. The number of benzene rings is 1. The lowest BCUT2D eigenvalue weighted by Crippen LogP contribution is -2.21. The highest BCUT2D eigenvalue weighted by molar-refractivity contribution is 9.09. The van der Waals surface area contributed by atoms with Crippen LogP contribution in [0.4, 0.5) is 5.69 Å². The van der Waals surface area contributed by atoms with Crippen LogP contribution in [0.15, 0.2) is 29.2 Å². The van der Waals surface area contributed by atoms with Crippen LogP contribution in [0, 0.1) is 0 Å². The van der Waals surface area contributed by atoms with Gasteiger partial charge in [-0.1, -0.05) is 28.1 Å². The highest BCUT2D eigenvalue weighted by Gasteiger charge is 2.17. The monoisotopic (exact) mass is 348 g/mol. The molecule has 2 N–H and O–H groups in total. The van der Waals surface area contributed by atoms with Gasteiger partial charge < -0.3 is 5.32 Å². The average Bonchev–Trinajstić information content (AvgIpc) is 2.39. The number of nitrogens with one attached hydrogen (secondary N) is 2. The standard InChI is InChI=1S/C12H17BrN2O3S/c1-14-19(17,18)11-7-3-2-6-10(11)15-12(16)8-4-5-9-13/h2-3,6-7,14H,4-5,8-9H2,1H3,(H,15,16). The Balaban J connectivity index is 2.82. The van der Waals surface area contributed by atoms with Crippen LogP contribution in [0.5, 0.6) is 0 Å². The van der Waals surface area contributed by atoms with Crippen LogP contribution in [0.2, 0.25) is 0 Å². The maximum Gasteiger partial charge on any atom is 0.242 e. The zero-order chi connectivity index (χ0) is 14.3. The number of sulfonamides is 1. The van der Waals surface area contributed by atoms with E-state index in [1.54, 1.807) is 18.2 Å². The van der Waals surface area contributed by atoms with Crippen molar-refractivity contribution in [2.24, 2.45) is 0 Å². The molecular weight excluding hydrogens is 332 g/mol. The van der Waals surface area contributed by atoms with E-state index >= 15 is 0 Å². The van der Waals surface area contributed by atoms with Crippen molar-refractivity contribution in [2.75, 3.05) is 17.7 Å². The summed E-state index contributed by atoms with van der Waals surface area (Å²) in [6.45, 7) is 0. The number of alkyl halides is 1. The van der Waals surface area contributed by atoms with E-state index in [0.29, 0.717) is 12.1 Å². The van der Waals surface area contributed by atoms with Gasteiger partial charge in [0, 0.05) is 11.8 Å². The third-order valence-electron chi connectivity index (χ3n) is 2.51. The van der Waals surface area contributed by atoms with Crippen molar-refractivity contribution in [1.29, 1.82) is 0 Å². The van der Waals surface area contributed by atoms with E-state index in [0.717, 1.165) is 18.2 Å². The molecule has 0 fully saturated rings. The van der Waals surface area contributed by atoms with Gasteiger partial charge in [-0.25, -0.2) is 13.1 Å². The Labute approximate surface area is 122 Å². The van der Waals surface area contributed by atoms with Crippen molar-refractivity contribution in [3.05, 3.63) is 24.3 Å². The first-order chi connectivity index (χ1) is 9.01. The molecule has 0 aromatic heterocycles. The molecule has 1 aromatic rings. The van der Waals surface area contributed by atoms with Crippen LogP contribution < -0.4 is 10.0 Å². The predicted octanol–water partition coefficient (Wildman–Crippen LogP) is 2.10. The summed E-state index contributed by atoms with van der Waals surface area (Å²) in [7, 11) is -2.23. The zero-order valence-corrected chi connectivity index (χ0v) is 13.1. The predicted molar refractivity (Wildman–Crippen MR) is 79.0 cm³/mol. The minimum absolute atomic E-state index is 0.0753. The highest BCUT2D eigenvalue weighted by Crippen LogP contribution is 2.20. The molecular formula is C12H17BrN2O3S. The smallest absolute Gasteiger partial charge is 0.242 e. The minimum Gasteiger partial charge on any atom is -0.325 e. The summed E-state index contributed by atoms with van der Waals surface area (Å²) in [5.41, 5.74) is 0.306. The Hall–Kier alpha value is -0.920. The van der Waals surface area contributed by atoms with E-state index < -0.39 is 10.0 Å². The lowest BCUT2D eigenvalue weighted by atomic mass is 10.2. The van der Waals surface area contributed by atoms with Gasteiger partial charge in [0.1, 0.15) is 4.90 Å². The number of halogens is 1. The molecule has 0 aliphatic heterocycles. The number of unbranched alkanes of at least 4 members (excludes halogenated alkanes) is 1. The second-order valence-corrected chi connectivity index (χ2v) is 6.55. The minimum atomic E-state index is -3.57. The lowest BCUT2D eigenvalue weighted by molar-refractivity contribution is -0.116. The fraction of sp³-hybridized carbons (Fsp3) is 0.417. The molecule has 5 nitrogen and oxygen atoms in total. The number of para-hydroxylation sites is 1. The molecule has 0 aliphatic carbocycles. The molecule has 19 heavy (non-hydrogen) atoms. The van der Waals surface area contributed by atoms with Gasteiger partial charge in [-0.05, 0) is 32.0 Å². The summed E-state index contributed by atoms with van der Waals surface area (Å²) in [5, 5.41) is 3.49. The van der Waals surface area contributed by atoms with Crippen LogP contribution in [-0.2, 0) is 14.8 Å². The van der Waals surface area contributed by atoms with Gasteiger partial charge in [-0.3, -0.25) is 4.79 Å². The fourth-order valence-electron chi connectivity index (χ4n) is 1.51. The molecule has 1 amide bonds. The van der Waals surface area contributed by atoms with Gasteiger partial charge in [-0.2, -0.15) is 0 Å². The average molecular weight is 349 g/mol. The van der Waals surface area contributed by atoms with E-state index in [4.69, 9.17) is 0 Å². The number of hydrogen-bond donors (Lipinski definition) is 2. The second-order valence-electron chi connectivity index (χ2n) is 3.90. The number of rotatable bonds is 7. The van der Waals surface area contributed by atoms with Crippen LogP contribution in [0.25, 0.3) is 0 Å². The van der Waals surface area contributed by atoms with Gasteiger partial charge in [0.15, 0.2) is 0 Å². The van der Waals surface area contributed by atoms with E-state index in [2.05, 4.69) is 26.0 Å². The molecule has 0 heterocycles. The first-order valence-corrected chi connectivity index (χ1v) is 8.50. The van der Waals surface area contributed by atoms with E-state index in [-0.39, 0.29) is 10.8 Å². The molecule has 0 atom stereocenters. The van der Waals surface area contributed by atoms with Crippen molar-refractivity contribution in [3.63, 3.8) is 0 Å². The third kappa shape index (κ3) is 4.93. The summed E-state index contributed by atoms with van der Waals surface area (Å²) in [4.78, 5) is 11.8. The quantitative estimate of drug-likeness (QED) is 0.585. The summed E-state index contributed by atoms with van der Waals surface area (Å²) in [6, 6.07) is 6.33. The normalized spacial score (nSPS) is 11.3. The Morgan fingerprint density at radius 1 is 1.26 bits per heavy atom. The SMILES string of the molecule is CNS(=O)(=O)c1ccccc1NC(=O)CCCCBr. The third-order valence-corrected chi connectivity index (χ3v) is 4.54. The molecule has 0 aliphatic rings. The number of amides is 1. The van der Waals surface area contributed by atoms with Crippen LogP contribution in [0.1, 0.15) is 19.3 Å². The maximum absolute atomic E-state index is 11.8. The first kappa shape index (κ1) is 16.1. The molecule has 106 valence electrons.